The molecule has 0 fully saturated rings. The fraction of sp³-hybridized carbons (Fsp3) is 0.321. The minimum Gasteiger partial charge on any atom is -0.497 e. The predicted molar refractivity (Wildman–Crippen MR) is 140 cm³/mol. The number of carbonyl (C=O) groups excluding carboxylic acids is 2. The third-order valence-corrected chi connectivity index (χ3v) is 6.34. The summed E-state index contributed by atoms with van der Waals surface area (Å²) in [6, 6.07) is 6.40. The number of halogens is 6. The maximum Gasteiger partial charge on any atom is 0.416 e. The van der Waals surface area contributed by atoms with Gasteiger partial charge in [-0.05, 0) is 56.7 Å². The van der Waals surface area contributed by atoms with E-state index in [9.17, 15) is 35.9 Å². The highest BCUT2D eigenvalue weighted by Crippen LogP contribution is 2.36. The molecule has 15 heteroatoms. The lowest BCUT2D eigenvalue weighted by Gasteiger charge is -2.35. The van der Waals surface area contributed by atoms with E-state index in [-0.39, 0.29) is 29.9 Å². The van der Waals surface area contributed by atoms with Crippen LogP contribution in [0.4, 0.5) is 26.3 Å². The second kappa shape index (κ2) is 11.5. The fourth-order valence-corrected chi connectivity index (χ4v) is 4.14. The molecule has 1 N–H and O–H groups in total. The molecule has 9 nitrogen and oxygen atoms in total. The monoisotopic (exact) mass is 609 g/mol. The number of amides is 2. The number of aromatic nitrogens is 2. The molecule has 2 aromatic carbocycles. The number of alkyl halides is 6. The molecule has 1 unspecified atom stereocenters. The predicted octanol–water partition coefficient (Wildman–Crippen LogP) is 5.51. The molecule has 0 saturated carbocycles. The molecule has 0 saturated heterocycles. The van der Waals surface area contributed by atoms with Crippen LogP contribution in [0, 0.1) is 0 Å². The molecule has 0 radical (unpaired) electrons. The van der Waals surface area contributed by atoms with Crippen molar-refractivity contribution in [1.82, 2.24) is 20.3 Å². The number of hydrogen-bond acceptors (Lipinski definition) is 7. The van der Waals surface area contributed by atoms with E-state index in [4.69, 9.17) is 9.47 Å². The summed E-state index contributed by atoms with van der Waals surface area (Å²) in [6.07, 6.45) is -7.70. The molecular formula is C28H25F6N5O4. The Morgan fingerprint density at radius 2 is 1.58 bits per heavy atom. The van der Waals surface area contributed by atoms with Crippen molar-refractivity contribution in [3.8, 4) is 5.75 Å². The lowest BCUT2D eigenvalue weighted by Crippen LogP contribution is -2.50. The molecule has 0 bridgehead atoms. The van der Waals surface area contributed by atoms with Gasteiger partial charge in [0.1, 0.15) is 5.75 Å². The summed E-state index contributed by atoms with van der Waals surface area (Å²) in [5.41, 5.74) is -4.78. The molecule has 2 amide bonds. The van der Waals surface area contributed by atoms with Gasteiger partial charge in [-0.1, -0.05) is 12.1 Å². The highest BCUT2D eigenvalue weighted by molar-refractivity contribution is 6.00. The largest absolute Gasteiger partial charge is 0.497 e. The lowest BCUT2D eigenvalue weighted by atomic mass is 10.0. The average molecular weight is 610 g/mol. The summed E-state index contributed by atoms with van der Waals surface area (Å²) < 4.78 is 90.8. The third-order valence-electron chi connectivity index (χ3n) is 6.34. The Labute approximate surface area is 241 Å². The lowest BCUT2D eigenvalue weighted by molar-refractivity contribution is -0.150. The zero-order valence-electron chi connectivity index (χ0n) is 23.2. The average Bonchev–Trinajstić information content (AvgIpc) is 2.94. The normalized spacial score (nSPS) is 15.8. The standard InChI is InChI=1S/C28H25F6N5O4/c1-15(37-23(40)17-11-18(27(29,30)31)13-19(12-17)28(32,33)34)21-22(36-10-9-35-21)24-38-39(25(41)26(2,3)43-24)14-16-5-7-20(42-4)8-6-16/h5-13,15H,14H2,1-4H3,(H,37,40). The number of ether oxygens (including phenoxy) is 2. The van der Waals surface area contributed by atoms with E-state index in [1.165, 1.54) is 45.3 Å². The first-order valence-electron chi connectivity index (χ1n) is 12.6. The second-order valence-electron chi connectivity index (χ2n) is 10.0. The maximum absolute atomic E-state index is 13.3. The molecule has 4 rings (SSSR count). The number of nitrogens with one attached hydrogen (secondary N) is 1. The Morgan fingerprint density at radius 1 is 1.00 bits per heavy atom. The van der Waals surface area contributed by atoms with Gasteiger partial charge in [0.2, 0.25) is 0 Å². The van der Waals surface area contributed by atoms with E-state index in [0.717, 1.165) is 0 Å². The summed E-state index contributed by atoms with van der Waals surface area (Å²) >= 11 is 0. The Hall–Kier alpha value is -4.69. The van der Waals surface area contributed by atoms with Gasteiger partial charge in [0.15, 0.2) is 11.3 Å². The molecule has 0 aliphatic carbocycles. The Bertz CT molecular complexity index is 1520. The van der Waals surface area contributed by atoms with Gasteiger partial charge in [-0.15, -0.1) is 5.10 Å². The van der Waals surface area contributed by atoms with Gasteiger partial charge in [0.05, 0.1) is 36.5 Å². The topological polar surface area (TPSA) is 106 Å². The van der Waals surface area contributed by atoms with Gasteiger partial charge in [0.25, 0.3) is 17.7 Å². The minimum absolute atomic E-state index is 0.00405. The van der Waals surface area contributed by atoms with E-state index >= 15 is 0 Å². The van der Waals surface area contributed by atoms with Gasteiger partial charge in [-0.3, -0.25) is 14.6 Å². The quantitative estimate of drug-likeness (QED) is 0.354. The highest BCUT2D eigenvalue weighted by atomic mass is 19.4. The molecule has 43 heavy (non-hydrogen) atoms. The third kappa shape index (κ3) is 7.04. The van der Waals surface area contributed by atoms with Crippen molar-refractivity contribution >= 4 is 17.7 Å². The van der Waals surface area contributed by atoms with Crippen LogP contribution in [0.3, 0.4) is 0 Å². The highest BCUT2D eigenvalue weighted by Gasteiger charge is 2.42. The van der Waals surface area contributed by atoms with E-state index in [2.05, 4.69) is 20.4 Å². The molecule has 2 heterocycles. The molecule has 228 valence electrons. The first kappa shape index (κ1) is 31.3. The van der Waals surface area contributed by atoms with Crippen molar-refractivity contribution in [3.05, 3.63) is 88.5 Å². The van der Waals surface area contributed by atoms with Crippen molar-refractivity contribution < 1.29 is 45.4 Å². The van der Waals surface area contributed by atoms with Crippen LogP contribution in [0.5, 0.6) is 5.75 Å². The summed E-state index contributed by atoms with van der Waals surface area (Å²) in [7, 11) is 1.51. The Balaban J connectivity index is 1.65. The number of benzene rings is 2. The fourth-order valence-electron chi connectivity index (χ4n) is 4.14. The van der Waals surface area contributed by atoms with Crippen LogP contribution in [-0.4, -0.2) is 45.4 Å². The number of hydrogen-bond donors (Lipinski definition) is 1. The SMILES string of the molecule is COc1ccc(CN2N=C(c3nccnc3C(C)NC(=O)c3cc(C(F)(F)F)cc(C(F)(F)F)c3)OC(C)(C)C2=O)cc1. The summed E-state index contributed by atoms with van der Waals surface area (Å²) in [5, 5.41) is 7.84. The van der Waals surface area contributed by atoms with Gasteiger partial charge in [-0.2, -0.15) is 26.3 Å². The Morgan fingerprint density at radius 3 is 2.14 bits per heavy atom. The molecule has 1 aliphatic rings. The van der Waals surface area contributed by atoms with Crippen LogP contribution in [-0.2, 0) is 28.4 Å². The van der Waals surface area contributed by atoms with Crippen molar-refractivity contribution in [2.24, 2.45) is 5.10 Å². The van der Waals surface area contributed by atoms with Gasteiger partial charge < -0.3 is 14.8 Å². The number of hydrazone groups is 1. The smallest absolute Gasteiger partial charge is 0.416 e. The molecule has 1 aromatic heterocycles. The zero-order valence-corrected chi connectivity index (χ0v) is 23.2. The van der Waals surface area contributed by atoms with Crippen molar-refractivity contribution in [2.45, 2.75) is 51.3 Å². The van der Waals surface area contributed by atoms with Gasteiger partial charge in [0, 0.05) is 18.0 Å². The van der Waals surface area contributed by atoms with E-state index in [1.807, 2.05) is 0 Å². The zero-order chi connectivity index (χ0) is 31.7. The number of rotatable bonds is 7. The van der Waals surface area contributed by atoms with Gasteiger partial charge >= 0.3 is 12.4 Å². The first-order chi connectivity index (χ1) is 20.0. The van der Waals surface area contributed by atoms with Gasteiger partial charge in [-0.25, -0.2) is 9.99 Å². The van der Waals surface area contributed by atoms with Crippen LogP contribution in [0.15, 0.2) is 60.0 Å². The molecule has 3 aromatic rings. The van der Waals surface area contributed by atoms with E-state index in [1.54, 1.807) is 24.3 Å². The molecule has 1 atom stereocenters. The summed E-state index contributed by atoms with van der Waals surface area (Å²) in [5.74, 6) is -1.21. The van der Waals surface area contributed by atoms with Crippen LogP contribution in [0.2, 0.25) is 0 Å². The van der Waals surface area contributed by atoms with Crippen molar-refractivity contribution in [1.29, 1.82) is 0 Å². The summed E-state index contributed by atoms with van der Waals surface area (Å²) in [6.45, 7) is 4.48. The first-order valence-corrected chi connectivity index (χ1v) is 12.6. The van der Waals surface area contributed by atoms with Crippen molar-refractivity contribution in [3.63, 3.8) is 0 Å². The Kier molecular flexibility index (Phi) is 8.38. The van der Waals surface area contributed by atoms with Crippen molar-refractivity contribution in [2.75, 3.05) is 7.11 Å². The second-order valence-corrected chi connectivity index (χ2v) is 10.0. The number of nitrogens with zero attached hydrogens (tertiary/aromatic N) is 4. The van der Waals surface area contributed by atoms with Crippen LogP contribution >= 0.6 is 0 Å². The number of methoxy groups -OCH3 is 1. The van der Waals surface area contributed by atoms with Crippen LogP contribution in [0.25, 0.3) is 0 Å². The molecule has 0 spiro atoms. The molecule has 1 aliphatic heterocycles. The van der Waals surface area contributed by atoms with E-state index in [0.29, 0.717) is 23.4 Å². The van der Waals surface area contributed by atoms with Crippen LogP contribution in [0.1, 0.15) is 65.2 Å². The van der Waals surface area contributed by atoms with Crippen LogP contribution < -0.4 is 10.1 Å². The summed E-state index contributed by atoms with van der Waals surface area (Å²) in [4.78, 5) is 34.4. The molecular weight excluding hydrogens is 584 g/mol. The van der Waals surface area contributed by atoms with E-state index < -0.39 is 52.5 Å². The minimum atomic E-state index is -5.13. The number of carbonyl (C=O) groups is 2. The maximum atomic E-state index is 13.3.